The molecule has 1 saturated heterocycles. The minimum atomic E-state index is -1.03. The Morgan fingerprint density at radius 2 is 2.00 bits per heavy atom. The fourth-order valence-electron chi connectivity index (χ4n) is 2.41. The number of rotatable bonds is 2. The first-order valence-electron chi connectivity index (χ1n) is 6.64. The number of carbonyl (C=O) groups excluding carboxylic acids is 1. The van der Waals surface area contributed by atoms with Gasteiger partial charge in [0.05, 0.1) is 12.6 Å². The van der Waals surface area contributed by atoms with Crippen LogP contribution in [-0.2, 0) is 9.53 Å². The van der Waals surface area contributed by atoms with E-state index in [-0.39, 0.29) is 18.6 Å². The molecule has 1 aliphatic heterocycles. The summed E-state index contributed by atoms with van der Waals surface area (Å²) in [5.41, 5.74) is 2.61. The van der Waals surface area contributed by atoms with Crippen molar-refractivity contribution < 1.29 is 19.4 Å². The first kappa shape index (κ1) is 14.5. The van der Waals surface area contributed by atoms with Crippen LogP contribution in [0.2, 0.25) is 0 Å². The van der Waals surface area contributed by atoms with Crippen molar-refractivity contribution in [3.63, 3.8) is 0 Å². The smallest absolute Gasteiger partial charge is 0.334 e. The van der Waals surface area contributed by atoms with Crippen LogP contribution in [0, 0.1) is 13.8 Å². The van der Waals surface area contributed by atoms with E-state index in [0.29, 0.717) is 12.1 Å². The third kappa shape index (κ3) is 2.82. The number of ether oxygens (including phenoxy) is 1. The summed E-state index contributed by atoms with van der Waals surface area (Å²) in [4.78, 5) is 25.2. The summed E-state index contributed by atoms with van der Waals surface area (Å²) >= 11 is 0. The number of carboxylic acids is 1. The number of nitrogens with zero attached hydrogens (tertiary/aromatic N) is 1. The van der Waals surface area contributed by atoms with E-state index in [1.54, 1.807) is 17.9 Å². The van der Waals surface area contributed by atoms with Gasteiger partial charge >= 0.3 is 5.97 Å². The quantitative estimate of drug-likeness (QED) is 0.892. The van der Waals surface area contributed by atoms with Gasteiger partial charge in [0.25, 0.3) is 5.91 Å². The van der Waals surface area contributed by atoms with Gasteiger partial charge in [0.2, 0.25) is 0 Å². The number of amides is 1. The molecule has 0 bridgehead atoms. The van der Waals surface area contributed by atoms with Crippen molar-refractivity contribution in [3.8, 4) is 0 Å². The molecule has 108 valence electrons. The summed E-state index contributed by atoms with van der Waals surface area (Å²) in [7, 11) is 0. The fourth-order valence-corrected chi connectivity index (χ4v) is 2.41. The maximum absolute atomic E-state index is 12.6. The van der Waals surface area contributed by atoms with Crippen LogP contribution < -0.4 is 0 Å². The molecular weight excluding hydrogens is 258 g/mol. The van der Waals surface area contributed by atoms with Gasteiger partial charge < -0.3 is 14.7 Å². The van der Waals surface area contributed by atoms with E-state index in [1.807, 2.05) is 26.0 Å². The van der Waals surface area contributed by atoms with E-state index in [0.717, 1.165) is 11.1 Å². The third-order valence-electron chi connectivity index (χ3n) is 3.66. The molecule has 1 N–H and O–H groups in total. The molecule has 0 aliphatic carbocycles. The van der Waals surface area contributed by atoms with Crippen LogP contribution in [0.1, 0.15) is 28.4 Å². The number of morpholine rings is 1. The Bertz CT molecular complexity index is 541. The number of carboxylic acid groups (broad SMARTS) is 1. The average Bonchev–Trinajstić information content (AvgIpc) is 2.40. The lowest BCUT2D eigenvalue weighted by molar-refractivity contribution is -0.160. The Kier molecular flexibility index (Phi) is 4.09. The van der Waals surface area contributed by atoms with Gasteiger partial charge in [0, 0.05) is 12.1 Å². The van der Waals surface area contributed by atoms with E-state index in [4.69, 9.17) is 9.84 Å². The van der Waals surface area contributed by atoms with Gasteiger partial charge in [-0.15, -0.1) is 0 Å². The van der Waals surface area contributed by atoms with Gasteiger partial charge in [-0.1, -0.05) is 12.1 Å². The summed E-state index contributed by atoms with van der Waals surface area (Å²) in [5, 5.41) is 9.06. The molecule has 0 spiro atoms. The van der Waals surface area contributed by atoms with Gasteiger partial charge in [-0.3, -0.25) is 4.79 Å². The van der Waals surface area contributed by atoms with Crippen LogP contribution in [0.5, 0.6) is 0 Å². The lowest BCUT2D eigenvalue weighted by Gasteiger charge is -2.35. The van der Waals surface area contributed by atoms with Crippen LogP contribution in [0.15, 0.2) is 18.2 Å². The van der Waals surface area contributed by atoms with Crippen molar-refractivity contribution >= 4 is 11.9 Å². The molecule has 0 radical (unpaired) electrons. The first-order chi connectivity index (χ1) is 9.40. The second-order valence-electron chi connectivity index (χ2n) is 5.23. The van der Waals surface area contributed by atoms with E-state index in [2.05, 4.69) is 0 Å². The number of hydrogen-bond donors (Lipinski definition) is 1. The number of hydrogen-bond acceptors (Lipinski definition) is 3. The van der Waals surface area contributed by atoms with E-state index < -0.39 is 12.1 Å². The third-order valence-corrected chi connectivity index (χ3v) is 3.66. The van der Waals surface area contributed by atoms with Crippen molar-refractivity contribution in [1.29, 1.82) is 0 Å². The molecule has 1 fully saturated rings. The van der Waals surface area contributed by atoms with Crippen molar-refractivity contribution in [3.05, 3.63) is 34.9 Å². The van der Waals surface area contributed by atoms with Crippen LogP contribution in [0.25, 0.3) is 0 Å². The minimum Gasteiger partial charge on any atom is -0.479 e. The van der Waals surface area contributed by atoms with E-state index >= 15 is 0 Å². The zero-order valence-corrected chi connectivity index (χ0v) is 11.9. The molecule has 2 rings (SSSR count). The number of carbonyl (C=O) groups is 2. The number of aliphatic carboxylic acids is 1. The molecule has 1 heterocycles. The molecule has 1 unspecified atom stereocenters. The molecule has 1 aromatic rings. The highest BCUT2D eigenvalue weighted by Gasteiger charge is 2.33. The van der Waals surface area contributed by atoms with Gasteiger partial charge in [0.15, 0.2) is 6.10 Å². The maximum Gasteiger partial charge on any atom is 0.334 e. The van der Waals surface area contributed by atoms with Crippen LogP contribution in [0.4, 0.5) is 0 Å². The summed E-state index contributed by atoms with van der Waals surface area (Å²) in [6.45, 7) is 6.13. The second-order valence-corrected chi connectivity index (χ2v) is 5.23. The monoisotopic (exact) mass is 277 g/mol. The van der Waals surface area contributed by atoms with Crippen molar-refractivity contribution in [2.45, 2.75) is 33.0 Å². The van der Waals surface area contributed by atoms with Gasteiger partial charge in [-0.2, -0.15) is 0 Å². The first-order valence-corrected chi connectivity index (χ1v) is 6.64. The fraction of sp³-hybridized carbons (Fsp3) is 0.467. The van der Waals surface area contributed by atoms with Gasteiger partial charge in [0.1, 0.15) is 0 Å². The summed E-state index contributed by atoms with van der Waals surface area (Å²) in [6, 6.07) is 5.57. The zero-order valence-electron chi connectivity index (χ0n) is 11.9. The summed E-state index contributed by atoms with van der Waals surface area (Å²) in [6.07, 6.45) is -1.23. The van der Waals surface area contributed by atoms with Gasteiger partial charge in [-0.05, 0) is 38.0 Å². The minimum absolute atomic E-state index is 0.0892. The predicted molar refractivity (Wildman–Crippen MR) is 73.8 cm³/mol. The van der Waals surface area contributed by atoms with Crippen LogP contribution in [-0.4, -0.2) is 47.2 Å². The highest BCUT2D eigenvalue weighted by molar-refractivity contribution is 5.96. The van der Waals surface area contributed by atoms with Crippen molar-refractivity contribution in [2.24, 2.45) is 0 Å². The highest BCUT2D eigenvalue weighted by atomic mass is 16.5. The Morgan fingerprint density at radius 3 is 2.65 bits per heavy atom. The number of benzene rings is 1. The topological polar surface area (TPSA) is 66.8 Å². The Labute approximate surface area is 118 Å². The Hall–Kier alpha value is -1.88. The predicted octanol–water partition coefficient (Wildman–Crippen LogP) is 1.62. The molecule has 0 saturated carbocycles. The van der Waals surface area contributed by atoms with E-state index in [1.165, 1.54) is 0 Å². The molecule has 2 atom stereocenters. The lowest BCUT2D eigenvalue weighted by Crippen LogP contribution is -2.51. The lowest BCUT2D eigenvalue weighted by atomic mass is 10.0. The normalized spacial score (nSPS) is 22.6. The number of aryl methyl sites for hydroxylation is 1. The average molecular weight is 277 g/mol. The summed E-state index contributed by atoms with van der Waals surface area (Å²) < 4.78 is 5.32. The molecule has 1 aromatic carbocycles. The molecule has 20 heavy (non-hydrogen) atoms. The van der Waals surface area contributed by atoms with Gasteiger partial charge in [-0.25, -0.2) is 4.79 Å². The summed E-state index contributed by atoms with van der Waals surface area (Å²) in [5.74, 6) is -1.16. The SMILES string of the molecule is Cc1cccc(C(=O)N2CC(C(=O)O)O[C@H](C)C2)c1C. The maximum atomic E-state index is 12.6. The molecule has 1 amide bonds. The highest BCUT2D eigenvalue weighted by Crippen LogP contribution is 2.18. The molecule has 1 aliphatic rings. The van der Waals surface area contributed by atoms with Crippen LogP contribution >= 0.6 is 0 Å². The Balaban J connectivity index is 2.24. The Morgan fingerprint density at radius 1 is 1.30 bits per heavy atom. The van der Waals surface area contributed by atoms with Crippen molar-refractivity contribution in [2.75, 3.05) is 13.1 Å². The van der Waals surface area contributed by atoms with E-state index in [9.17, 15) is 9.59 Å². The molecule has 5 heteroatoms. The molecule has 0 aromatic heterocycles. The van der Waals surface area contributed by atoms with Crippen molar-refractivity contribution in [1.82, 2.24) is 4.90 Å². The largest absolute Gasteiger partial charge is 0.479 e. The second kappa shape index (κ2) is 5.63. The molecular formula is C15H19NO4. The zero-order chi connectivity index (χ0) is 14.9. The molecule has 5 nitrogen and oxygen atoms in total. The van der Waals surface area contributed by atoms with Crippen LogP contribution in [0.3, 0.4) is 0 Å². The standard InChI is InChI=1S/C15H19NO4/c1-9-5-4-6-12(11(9)3)14(17)16-7-10(2)20-13(8-16)15(18)19/h4-6,10,13H,7-8H2,1-3H3,(H,18,19)/t10-,13?/m1/s1.